The number of anilines is 1. The molecule has 0 spiro atoms. The molecule has 5 nitrogen and oxygen atoms in total. The Kier molecular flexibility index (Phi) is 5.21. The summed E-state index contributed by atoms with van der Waals surface area (Å²) in [5.74, 6) is 1.53. The molecule has 1 aromatic rings. The highest BCUT2D eigenvalue weighted by Gasteiger charge is 2.11. The van der Waals surface area contributed by atoms with E-state index in [4.69, 9.17) is 5.11 Å². The normalized spacial score (nSPS) is 12.2. The lowest BCUT2D eigenvalue weighted by Gasteiger charge is -2.13. The minimum absolute atomic E-state index is 0.145. The largest absolute Gasteiger partial charge is 0.478 e. The number of rotatable bonds is 6. The Morgan fingerprint density at radius 1 is 1.65 bits per heavy atom. The van der Waals surface area contributed by atoms with Crippen LogP contribution in [0.25, 0.3) is 0 Å². The highest BCUT2D eigenvalue weighted by molar-refractivity contribution is 7.99. The van der Waals surface area contributed by atoms with Crippen molar-refractivity contribution in [2.75, 3.05) is 16.8 Å². The Balaban J connectivity index is 2.67. The first kappa shape index (κ1) is 13.8. The van der Waals surface area contributed by atoms with Crippen LogP contribution in [0.1, 0.15) is 29.9 Å². The molecule has 1 aromatic heterocycles. The Bertz CT molecular complexity index is 398. The van der Waals surface area contributed by atoms with Gasteiger partial charge in [-0.25, -0.2) is 14.8 Å². The zero-order valence-corrected chi connectivity index (χ0v) is 11.0. The van der Waals surface area contributed by atoms with E-state index in [0.29, 0.717) is 11.6 Å². The van der Waals surface area contributed by atoms with Crippen molar-refractivity contribution < 1.29 is 9.90 Å². The van der Waals surface area contributed by atoms with Crippen molar-refractivity contribution >= 4 is 23.7 Å². The maximum atomic E-state index is 10.8. The Labute approximate surface area is 105 Å². The number of aromatic nitrogens is 2. The van der Waals surface area contributed by atoms with E-state index in [9.17, 15) is 4.79 Å². The summed E-state index contributed by atoms with van der Waals surface area (Å²) in [7, 11) is 0. The molecule has 6 heteroatoms. The number of hydrogen-bond donors (Lipinski definition) is 2. The fraction of sp³-hybridized carbons (Fsp3) is 0.545. The van der Waals surface area contributed by atoms with Gasteiger partial charge in [0.2, 0.25) is 5.95 Å². The van der Waals surface area contributed by atoms with Crippen LogP contribution in [0, 0.1) is 6.92 Å². The van der Waals surface area contributed by atoms with Crippen molar-refractivity contribution in [3.8, 4) is 0 Å². The standard InChI is InChI=1S/C11H17N3O2S/c1-4-17-6-7(2)13-11-12-5-9(10(15)16)8(3)14-11/h5,7H,4,6H2,1-3H3,(H,15,16)(H,12,13,14). The third-order valence-electron chi connectivity index (χ3n) is 2.16. The second kappa shape index (κ2) is 6.44. The van der Waals surface area contributed by atoms with Crippen molar-refractivity contribution in [3.05, 3.63) is 17.5 Å². The van der Waals surface area contributed by atoms with Crippen LogP contribution >= 0.6 is 11.8 Å². The zero-order valence-electron chi connectivity index (χ0n) is 10.2. The van der Waals surface area contributed by atoms with Gasteiger partial charge in [0, 0.05) is 18.0 Å². The monoisotopic (exact) mass is 255 g/mol. The lowest BCUT2D eigenvalue weighted by atomic mass is 10.2. The summed E-state index contributed by atoms with van der Waals surface area (Å²) < 4.78 is 0. The lowest BCUT2D eigenvalue weighted by Crippen LogP contribution is -2.20. The number of aromatic carboxylic acids is 1. The average Bonchev–Trinajstić information content (AvgIpc) is 2.26. The number of carboxylic acid groups (broad SMARTS) is 1. The van der Waals surface area contributed by atoms with Crippen molar-refractivity contribution in [2.24, 2.45) is 0 Å². The summed E-state index contributed by atoms with van der Waals surface area (Å²) in [6.07, 6.45) is 1.34. The topological polar surface area (TPSA) is 75.1 Å². The zero-order chi connectivity index (χ0) is 12.8. The molecular weight excluding hydrogens is 238 g/mol. The van der Waals surface area contributed by atoms with Gasteiger partial charge in [-0.3, -0.25) is 0 Å². The number of nitrogens with zero attached hydrogens (tertiary/aromatic N) is 2. The summed E-state index contributed by atoms with van der Waals surface area (Å²) in [6.45, 7) is 5.83. The minimum Gasteiger partial charge on any atom is -0.478 e. The van der Waals surface area contributed by atoms with Crippen LogP contribution in [-0.2, 0) is 0 Å². The second-order valence-corrected chi connectivity index (χ2v) is 5.02. The second-order valence-electron chi connectivity index (χ2n) is 3.70. The molecule has 0 aliphatic rings. The number of thioether (sulfide) groups is 1. The SMILES string of the molecule is CCSCC(C)Nc1ncc(C(=O)O)c(C)n1. The van der Waals surface area contributed by atoms with Gasteiger partial charge in [0.25, 0.3) is 0 Å². The molecule has 2 N–H and O–H groups in total. The van der Waals surface area contributed by atoms with E-state index in [2.05, 4.69) is 22.2 Å². The van der Waals surface area contributed by atoms with E-state index in [-0.39, 0.29) is 11.6 Å². The molecule has 0 radical (unpaired) electrons. The van der Waals surface area contributed by atoms with Crippen LogP contribution in [0.4, 0.5) is 5.95 Å². The molecule has 1 unspecified atom stereocenters. The number of nitrogens with one attached hydrogen (secondary N) is 1. The van der Waals surface area contributed by atoms with E-state index >= 15 is 0 Å². The molecule has 0 saturated heterocycles. The number of aryl methyl sites for hydroxylation is 1. The van der Waals surface area contributed by atoms with Gasteiger partial charge < -0.3 is 10.4 Å². The molecule has 94 valence electrons. The van der Waals surface area contributed by atoms with Crippen molar-refractivity contribution in [1.82, 2.24) is 9.97 Å². The van der Waals surface area contributed by atoms with Crippen LogP contribution in [0.2, 0.25) is 0 Å². The van der Waals surface area contributed by atoms with Gasteiger partial charge in [-0.15, -0.1) is 0 Å². The predicted molar refractivity (Wildman–Crippen MR) is 69.8 cm³/mol. The molecule has 1 rings (SSSR count). The van der Waals surface area contributed by atoms with Crippen LogP contribution in [-0.4, -0.2) is 38.6 Å². The molecule has 0 fully saturated rings. The highest BCUT2D eigenvalue weighted by Crippen LogP contribution is 2.10. The highest BCUT2D eigenvalue weighted by atomic mass is 32.2. The third-order valence-corrected chi connectivity index (χ3v) is 3.30. The summed E-state index contributed by atoms with van der Waals surface area (Å²) >= 11 is 1.84. The Morgan fingerprint density at radius 3 is 2.88 bits per heavy atom. The quantitative estimate of drug-likeness (QED) is 0.810. The summed E-state index contributed by atoms with van der Waals surface area (Å²) in [5.41, 5.74) is 0.622. The maximum absolute atomic E-state index is 10.8. The fourth-order valence-corrected chi connectivity index (χ4v) is 1.98. The lowest BCUT2D eigenvalue weighted by molar-refractivity contribution is 0.0695. The molecule has 17 heavy (non-hydrogen) atoms. The van der Waals surface area contributed by atoms with Gasteiger partial charge in [-0.2, -0.15) is 11.8 Å². The average molecular weight is 255 g/mol. The van der Waals surface area contributed by atoms with E-state index in [1.807, 2.05) is 18.7 Å². The van der Waals surface area contributed by atoms with Crippen LogP contribution in [0.15, 0.2) is 6.20 Å². The minimum atomic E-state index is -0.997. The first-order valence-corrected chi connectivity index (χ1v) is 6.61. The Hall–Kier alpha value is -1.30. The van der Waals surface area contributed by atoms with Gasteiger partial charge in [0.1, 0.15) is 0 Å². The van der Waals surface area contributed by atoms with Crippen molar-refractivity contribution in [2.45, 2.75) is 26.8 Å². The summed E-state index contributed by atoms with van der Waals surface area (Å²) in [5, 5.41) is 12.0. The molecule has 0 aliphatic carbocycles. The molecule has 0 bridgehead atoms. The third kappa shape index (κ3) is 4.22. The number of carbonyl (C=O) groups is 1. The van der Waals surface area contributed by atoms with Crippen molar-refractivity contribution in [1.29, 1.82) is 0 Å². The van der Waals surface area contributed by atoms with E-state index in [1.54, 1.807) is 6.92 Å². The number of hydrogen-bond acceptors (Lipinski definition) is 5. The predicted octanol–water partition coefficient (Wildman–Crippen LogP) is 2.04. The van der Waals surface area contributed by atoms with Gasteiger partial charge in [-0.05, 0) is 19.6 Å². The molecular formula is C11H17N3O2S. The van der Waals surface area contributed by atoms with E-state index in [0.717, 1.165) is 11.5 Å². The molecule has 1 atom stereocenters. The Morgan fingerprint density at radius 2 is 2.35 bits per heavy atom. The fourth-order valence-electron chi connectivity index (χ4n) is 1.30. The molecule has 0 amide bonds. The van der Waals surface area contributed by atoms with Gasteiger partial charge >= 0.3 is 5.97 Å². The first-order chi connectivity index (χ1) is 8.04. The summed E-state index contributed by atoms with van der Waals surface area (Å²) in [4.78, 5) is 18.9. The smallest absolute Gasteiger partial charge is 0.339 e. The number of carboxylic acids is 1. The molecule has 1 heterocycles. The van der Waals surface area contributed by atoms with E-state index < -0.39 is 5.97 Å². The van der Waals surface area contributed by atoms with Crippen molar-refractivity contribution in [3.63, 3.8) is 0 Å². The van der Waals surface area contributed by atoms with Gasteiger partial charge in [0.15, 0.2) is 0 Å². The van der Waals surface area contributed by atoms with E-state index in [1.165, 1.54) is 6.20 Å². The van der Waals surface area contributed by atoms with Crippen LogP contribution < -0.4 is 5.32 Å². The first-order valence-electron chi connectivity index (χ1n) is 5.45. The van der Waals surface area contributed by atoms with Gasteiger partial charge in [0.05, 0.1) is 11.3 Å². The van der Waals surface area contributed by atoms with Gasteiger partial charge in [-0.1, -0.05) is 6.92 Å². The summed E-state index contributed by atoms with van der Waals surface area (Å²) in [6, 6.07) is 0.259. The molecule has 0 aromatic carbocycles. The van der Waals surface area contributed by atoms with Crippen LogP contribution in [0.5, 0.6) is 0 Å². The maximum Gasteiger partial charge on any atom is 0.339 e. The van der Waals surface area contributed by atoms with Crippen LogP contribution in [0.3, 0.4) is 0 Å². The molecule has 0 saturated carbocycles. The molecule has 0 aliphatic heterocycles.